The molecule has 0 saturated carbocycles. The summed E-state index contributed by atoms with van der Waals surface area (Å²) < 4.78 is 19.4. The molecule has 2 N–H and O–H groups in total. The maximum absolute atomic E-state index is 13.7. The molecule has 0 spiro atoms. The van der Waals surface area contributed by atoms with Gasteiger partial charge in [0.2, 0.25) is 0 Å². The summed E-state index contributed by atoms with van der Waals surface area (Å²) in [6.07, 6.45) is 0. The molecule has 4 nitrogen and oxygen atoms in total. The Kier molecular flexibility index (Phi) is 3.94. The first-order chi connectivity index (χ1) is 11.7. The van der Waals surface area contributed by atoms with E-state index in [4.69, 9.17) is 4.74 Å². The van der Waals surface area contributed by atoms with E-state index in [9.17, 15) is 9.18 Å². The molecule has 4 rings (SSSR count). The molecule has 1 saturated heterocycles. The highest BCUT2D eigenvalue weighted by Gasteiger charge is 2.34. The number of fused-ring (bicyclic) bond motifs is 3. The van der Waals surface area contributed by atoms with Gasteiger partial charge in [-0.05, 0) is 29.7 Å². The number of hydrogen-bond donors (Lipinski definition) is 2. The molecule has 0 radical (unpaired) electrons. The van der Waals surface area contributed by atoms with Gasteiger partial charge in [0.1, 0.15) is 18.2 Å². The third kappa shape index (κ3) is 2.76. The Morgan fingerprint density at radius 3 is 2.88 bits per heavy atom. The van der Waals surface area contributed by atoms with E-state index < -0.39 is 0 Å². The van der Waals surface area contributed by atoms with E-state index in [1.54, 1.807) is 24.3 Å². The van der Waals surface area contributed by atoms with Crippen molar-refractivity contribution in [2.75, 3.05) is 19.6 Å². The molecule has 2 heterocycles. The van der Waals surface area contributed by atoms with Crippen molar-refractivity contribution < 1.29 is 13.9 Å². The Balaban J connectivity index is 1.58. The van der Waals surface area contributed by atoms with Crippen molar-refractivity contribution in [1.29, 1.82) is 0 Å². The van der Waals surface area contributed by atoms with Crippen molar-refractivity contribution >= 4 is 5.91 Å². The number of carbonyl (C=O) groups excluding carboxylic acids is 1. The lowest BCUT2D eigenvalue weighted by Crippen LogP contribution is -2.28. The van der Waals surface area contributed by atoms with Crippen LogP contribution in [0.25, 0.3) is 0 Å². The van der Waals surface area contributed by atoms with Gasteiger partial charge in [-0.3, -0.25) is 4.79 Å². The SMILES string of the molecule is O=C1NC[C@H]2CNC[C@@H]2c2ccc(OCc3ccccc3F)cc21. The Hall–Kier alpha value is -2.40. The van der Waals surface area contributed by atoms with Gasteiger partial charge in [-0.15, -0.1) is 0 Å². The minimum absolute atomic E-state index is 0.0595. The first kappa shape index (κ1) is 15.1. The number of halogens is 1. The molecule has 2 aromatic carbocycles. The molecule has 0 aromatic heterocycles. The van der Waals surface area contributed by atoms with Gasteiger partial charge >= 0.3 is 0 Å². The van der Waals surface area contributed by atoms with Gasteiger partial charge < -0.3 is 15.4 Å². The highest BCUT2D eigenvalue weighted by atomic mass is 19.1. The summed E-state index contributed by atoms with van der Waals surface area (Å²) in [5.41, 5.74) is 2.23. The lowest BCUT2D eigenvalue weighted by atomic mass is 9.87. The summed E-state index contributed by atoms with van der Waals surface area (Å²) in [6.45, 7) is 2.65. The van der Waals surface area contributed by atoms with Crippen LogP contribution in [0.3, 0.4) is 0 Å². The quantitative estimate of drug-likeness (QED) is 0.911. The van der Waals surface area contributed by atoms with E-state index in [2.05, 4.69) is 10.6 Å². The highest BCUT2D eigenvalue weighted by Crippen LogP contribution is 2.34. The van der Waals surface area contributed by atoms with Crippen LogP contribution in [0.2, 0.25) is 0 Å². The molecule has 2 aliphatic rings. The molecule has 2 aliphatic heterocycles. The zero-order valence-corrected chi connectivity index (χ0v) is 13.2. The van der Waals surface area contributed by atoms with Crippen LogP contribution in [0.4, 0.5) is 4.39 Å². The van der Waals surface area contributed by atoms with Crippen LogP contribution in [0, 0.1) is 11.7 Å². The number of ether oxygens (including phenoxy) is 1. The minimum atomic E-state index is -0.287. The molecular formula is C19H19FN2O2. The molecule has 0 unspecified atom stereocenters. The number of benzene rings is 2. The normalized spacial score (nSPS) is 22.3. The summed E-state index contributed by atoms with van der Waals surface area (Å²) in [4.78, 5) is 12.4. The predicted octanol–water partition coefficient (Wildman–Crippen LogP) is 2.45. The summed E-state index contributed by atoms with van der Waals surface area (Å²) in [5, 5.41) is 6.38. The topological polar surface area (TPSA) is 50.4 Å². The van der Waals surface area contributed by atoms with Crippen LogP contribution in [-0.4, -0.2) is 25.5 Å². The van der Waals surface area contributed by atoms with Crippen molar-refractivity contribution in [1.82, 2.24) is 10.6 Å². The number of hydrogen-bond acceptors (Lipinski definition) is 3. The fourth-order valence-corrected chi connectivity index (χ4v) is 3.55. The zero-order valence-electron chi connectivity index (χ0n) is 13.2. The van der Waals surface area contributed by atoms with Gasteiger partial charge in [-0.25, -0.2) is 4.39 Å². The van der Waals surface area contributed by atoms with Gasteiger partial charge in [-0.2, -0.15) is 0 Å². The van der Waals surface area contributed by atoms with Crippen LogP contribution in [-0.2, 0) is 6.61 Å². The molecular weight excluding hydrogens is 307 g/mol. The fourth-order valence-electron chi connectivity index (χ4n) is 3.55. The zero-order chi connectivity index (χ0) is 16.5. The lowest BCUT2D eigenvalue weighted by Gasteiger charge is -2.17. The fraction of sp³-hybridized carbons (Fsp3) is 0.316. The van der Waals surface area contributed by atoms with Crippen molar-refractivity contribution in [3.8, 4) is 5.75 Å². The molecule has 0 aliphatic carbocycles. The first-order valence-corrected chi connectivity index (χ1v) is 8.21. The average molecular weight is 326 g/mol. The van der Waals surface area contributed by atoms with E-state index in [0.29, 0.717) is 35.3 Å². The molecule has 5 heteroatoms. The third-order valence-corrected chi connectivity index (χ3v) is 4.89. The number of amides is 1. The number of rotatable bonds is 3. The Labute approximate surface area is 140 Å². The van der Waals surface area contributed by atoms with Crippen LogP contribution in [0.1, 0.15) is 27.4 Å². The van der Waals surface area contributed by atoms with Crippen LogP contribution in [0.5, 0.6) is 5.75 Å². The molecule has 0 bridgehead atoms. The maximum atomic E-state index is 13.7. The van der Waals surface area contributed by atoms with Crippen molar-refractivity contribution in [3.63, 3.8) is 0 Å². The second-order valence-corrected chi connectivity index (χ2v) is 6.36. The van der Waals surface area contributed by atoms with Crippen LogP contribution < -0.4 is 15.4 Å². The van der Waals surface area contributed by atoms with Gasteiger partial charge in [0, 0.05) is 36.7 Å². The van der Waals surface area contributed by atoms with E-state index in [0.717, 1.165) is 18.7 Å². The number of nitrogens with one attached hydrogen (secondary N) is 2. The van der Waals surface area contributed by atoms with Gasteiger partial charge in [0.15, 0.2) is 0 Å². The smallest absolute Gasteiger partial charge is 0.251 e. The van der Waals surface area contributed by atoms with Gasteiger partial charge in [-0.1, -0.05) is 24.3 Å². The lowest BCUT2D eigenvalue weighted by molar-refractivity contribution is 0.0952. The van der Waals surface area contributed by atoms with E-state index >= 15 is 0 Å². The van der Waals surface area contributed by atoms with E-state index in [1.165, 1.54) is 6.07 Å². The molecule has 1 fully saturated rings. The van der Waals surface area contributed by atoms with Crippen LogP contribution >= 0.6 is 0 Å². The third-order valence-electron chi connectivity index (χ3n) is 4.89. The summed E-state index contributed by atoms with van der Waals surface area (Å²) in [6, 6.07) is 12.1. The van der Waals surface area contributed by atoms with E-state index in [-0.39, 0.29) is 18.3 Å². The van der Waals surface area contributed by atoms with Gasteiger partial charge in [0.25, 0.3) is 5.91 Å². The van der Waals surface area contributed by atoms with Crippen molar-refractivity contribution in [2.45, 2.75) is 12.5 Å². The van der Waals surface area contributed by atoms with Gasteiger partial charge in [0.05, 0.1) is 0 Å². The Morgan fingerprint density at radius 1 is 1.12 bits per heavy atom. The predicted molar refractivity (Wildman–Crippen MR) is 88.6 cm³/mol. The highest BCUT2D eigenvalue weighted by molar-refractivity contribution is 5.96. The summed E-state index contributed by atoms with van der Waals surface area (Å²) in [7, 11) is 0. The maximum Gasteiger partial charge on any atom is 0.251 e. The molecule has 24 heavy (non-hydrogen) atoms. The monoisotopic (exact) mass is 326 g/mol. The molecule has 2 aromatic rings. The standard InChI is InChI=1S/C19H19FN2O2/c20-18-4-2-1-3-12(18)11-24-14-5-6-15-16(7-14)19(23)22-9-13-8-21-10-17(13)15/h1-7,13,17,21H,8-11H2,(H,22,23)/t13-,17+/m1/s1. The number of carbonyl (C=O) groups is 1. The molecule has 2 atom stereocenters. The molecule has 124 valence electrons. The Morgan fingerprint density at radius 2 is 2.00 bits per heavy atom. The van der Waals surface area contributed by atoms with Crippen molar-refractivity contribution in [3.05, 3.63) is 65.0 Å². The summed E-state index contributed by atoms with van der Waals surface area (Å²) in [5.74, 6) is 1.01. The van der Waals surface area contributed by atoms with E-state index in [1.807, 2.05) is 12.1 Å². The summed E-state index contributed by atoms with van der Waals surface area (Å²) >= 11 is 0. The second-order valence-electron chi connectivity index (χ2n) is 6.36. The Bertz CT molecular complexity index is 778. The largest absolute Gasteiger partial charge is 0.489 e. The van der Waals surface area contributed by atoms with Crippen LogP contribution in [0.15, 0.2) is 42.5 Å². The minimum Gasteiger partial charge on any atom is -0.489 e. The first-order valence-electron chi connectivity index (χ1n) is 8.21. The second kappa shape index (κ2) is 6.24. The van der Waals surface area contributed by atoms with Crippen molar-refractivity contribution in [2.24, 2.45) is 5.92 Å². The molecule has 1 amide bonds. The average Bonchev–Trinajstić information content (AvgIpc) is 3.02.